The molecule has 0 aliphatic carbocycles. The third kappa shape index (κ3) is 3.53. The lowest BCUT2D eigenvalue weighted by Gasteiger charge is -2.20. The summed E-state index contributed by atoms with van der Waals surface area (Å²) in [7, 11) is 0. The Bertz CT molecular complexity index is 426. The summed E-state index contributed by atoms with van der Waals surface area (Å²) in [6.45, 7) is 9.17. The minimum absolute atomic E-state index is 0.417. The van der Waals surface area contributed by atoms with Crippen molar-refractivity contribution in [2.24, 2.45) is 0 Å². The highest BCUT2D eigenvalue weighted by Gasteiger charge is 2.17. The lowest BCUT2D eigenvalue weighted by molar-refractivity contribution is 0.330. The van der Waals surface area contributed by atoms with E-state index in [-0.39, 0.29) is 0 Å². The van der Waals surface area contributed by atoms with Crippen molar-refractivity contribution in [2.45, 2.75) is 52.9 Å². The van der Waals surface area contributed by atoms with Gasteiger partial charge in [0.05, 0.1) is 6.61 Å². The maximum absolute atomic E-state index is 5.83. The molecule has 1 rings (SSSR count). The molecule has 0 amide bonds. The molecule has 0 aliphatic heterocycles. The Hall–Kier alpha value is -1.42. The maximum atomic E-state index is 5.83. The molecule has 0 bridgehead atoms. The summed E-state index contributed by atoms with van der Waals surface area (Å²) < 4.78 is 5.83. The fraction of sp³-hybridized carbons (Fsp3) is 0.529. The molecule has 1 atom stereocenters. The average molecular weight is 244 g/mol. The van der Waals surface area contributed by atoms with Gasteiger partial charge < -0.3 is 4.74 Å². The zero-order valence-corrected chi connectivity index (χ0v) is 12.0. The Morgan fingerprint density at radius 1 is 1.28 bits per heavy atom. The van der Waals surface area contributed by atoms with Crippen LogP contribution in [0.2, 0.25) is 0 Å². The van der Waals surface area contributed by atoms with E-state index in [0.29, 0.717) is 12.5 Å². The van der Waals surface area contributed by atoms with Gasteiger partial charge in [0, 0.05) is 6.42 Å². The Morgan fingerprint density at radius 2 is 2.00 bits per heavy atom. The molecule has 1 aromatic carbocycles. The van der Waals surface area contributed by atoms with Crippen LogP contribution >= 0.6 is 0 Å². The van der Waals surface area contributed by atoms with Gasteiger partial charge >= 0.3 is 0 Å². The van der Waals surface area contributed by atoms with Gasteiger partial charge in [-0.2, -0.15) is 0 Å². The maximum Gasteiger partial charge on any atom is 0.125 e. The summed E-state index contributed by atoms with van der Waals surface area (Å²) in [6, 6.07) is 4.41. The predicted molar refractivity (Wildman–Crippen MR) is 78.2 cm³/mol. The van der Waals surface area contributed by atoms with Crippen molar-refractivity contribution in [3.05, 3.63) is 28.8 Å². The zero-order chi connectivity index (χ0) is 13.5. The third-order valence-electron chi connectivity index (χ3n) is 3.18. The highest BCUT2D eigenvalue weighted by molar-refractivity contribution is 5.46. The lowest BCUT2D eigenvalue weighted by atomic mass is 9.88. The summed E-state index contributed by atoms with van der Waals surface area (Å²) in [5, 5.41) is 0. The molecule has 0 spiro atoms. The van der Waals surface area contributed by atoms with Gasteiger partial charge in [-0.05, 0) is 44.2 Å². The van der Waals surface area contributed by atoms with Gasteiger partial charge in [0.25, 0.3) is 0 Å². The van der Waals surface area contributed by atoms with E-state index in [1.54, 1.807) is 0 Å². The number of ether oxygens (including phenoxy) is 1. The summed E-state index contributed by atoms with van der Waals surface area (Å²) in [6.07, 6.45) is 8.56. The number of hydrogen-bond donors (Lipinski definition) is 0. The molecule has 0 heterocycles. The largest absolute Gasteiger partial charge is 0.493 e. The van der Waals surface area contributed by atoms with Crippen LogP contribution in [-0.4, -0.2) is 6.61 Å². The van der Waals surface area contributed by atoms with Crippen LogP contribution in [0.15, 0.2) is 12.1 Å². The van der Waals surface area contributed by atoms with E-state index < -0.39 is 0 Å². The Kier molecular flexibility index (Phi) is 5.78. The molecule has 0 fully saturated rings. The van der Waals surface area contributed by atoms with Crippen LogP contribution in [0.25, 0.3) is 0 Å². The van der Waals surface area contributed by atoms with E-state index in [0.717, 1.165) is 25.0 Å². The van der Waals surface area contributed by atoms with Crippen LogP contribution in [0.5, 0.6) is 5.75 Å². The molecule has 0 N–H and O–H groups in total. The van der Waals surface area contributed by atoms with Gasteiger partial charge in [-0.1, -0.05) is 31.0 Å². The van der Waals surface area contributed by atoms with Crippen LogP contribution in [0.4, 0.5) is 0 Å². The van der Waals surface area contributed by atoms with Crippen LogP contribution in [0.1, 0.15) is 55.7 Å². The fourth-order valence-electron chi connectivity index (χ4n) is 2.49. The SMILES string of the molecule is C#CCC(CCC)c1cc(C)cc(C)c1OCC. The molecule has 0 aromatic heterocycles. The first-order chi connectivity index (χ1) is 8.63. The molecule has 0 saturated heterocycles. The highest BCUT2D eigenvalue weighted by Crippen LogP contribution is 2.35. The summed E-state index contributed by atoms with van der Waals surface area (Å²) in [5.41, 5.74) is 3.78. The molecule has 1 heteroatoms. The third-order valence-corrected chi connectivity index (χ3v) is 3.18. The van der Waals surface area contributed by atoms with E-state index in [1.807, 2.05) is 6.92 Å². The first-order valence-corrected chi connectivity index (χ1v) is 6.81. The minimum Gasteiger partial charge on any atom is -0.493 e. The highest BCUT2D eigenvalue weighted by atomic mass is 16.5. The molecule has 1 nitrogen and oxygen atoms in total. The second kappa shape index (κ2) is 7.11. The van der Waals surface area contributed by atoms with Gasteiger partial charge in [0.15, 0.2) is 0 Å². The Balaban J connectivity index is 3.21. The standard InChI is InChI=1S/C17H24O/c1-6-9-15(10-7-2)16-12-13(4)11-14(5)17(16)18-8-3/h1,11-12,15H,7-10H2,2-5H3. The van der Waals surface area contributed by atoms with Gasteiger partial charge in [0.2, 0.25) is 0 Å². The van der Waals surface area contributed by atoms with Crippen molar-refractivity contribution in [1.29, 1.82) is 0 Å². The minimum atomic E-state index is 0.417. The molecule has 0 aliphatic rings. The van der Waals surface area contributed by atoms with Crippen molar-refractivity contribution >= 4 is 0 Å². The van der Waals surface area contributed by atoms with Crippen molar-refractivity contribution in [3.8, 4) is 18.1 Å². The quantitative estimate of drug-likeness (QED) is 0.664. The number of benzene rings is 1. The lowest BCUT2D eigenvalue weighted by Crippen LogP contribution is -2.05. The van der Waals surface area contributed by atoms with Crippen molar-refractivity contribution in [3.63, 3.8) is 0 Å². The topological polar surface area (TPSA) is 9.23 Å². The molecule has 18 heavy (non-hydrogen) atoms. The average Bonchev–Trinajstić information content (AvgIpc) is 2.32. The van der Waals surface area contributed by atoms with Crippen LogP contribution < -0.4 is 4.74 Å². The van der Waals surface area contributed by atoms with E-state index in [4.69, 9.17) is 11.2 Å². The zero-order valence-electron chi connectivity index (χ0n) is 12.0. The van der Waals surface area contributed by atoms with E-state index >= 15 is 0 Å². The van der Waals surface area contributed by atoms with Gasteiger partial charge in [-0.25, -0.2) is 0 Å². The molecular weight excluding hydrogens is 220 g/mol. The van der Waals surface area contributed by atoms with E-state index in [2.05, 4.69) is 38.8 Å². The van der Waals surface area contributed by atoms with Crippen molar-refractivity contribution in [1.82, 2.24) is 0 Å². The number of terminal acetylenes is 1. The normalized spacial score (nSPS) is 11.9. The van der Waals surface area contributed by atoms with Gasteiger partial charge in [-0.15, -0.1) is 12.3 Å². The van der Waals surface area contributed by atoms with E-state index in [1.165, 1.54) is 16.7 Å². The first kappa shape index (κ1) is 14.6. The van der Waals surface area contributed by atoms with Crippen LogP contribution in [0.3, 0.4) is 0 Å². The summed E-state index contributed by atoms with van der Waals surface area (Å²) >= 11 is 0. The van der Waals surface area contributed by atoms with Crippen molar-refractivity contribution in [2.75, 3.05) is 6.61 Å². The number of rotatable bonds is 6. The van der Waals surface area contributed by atoms with Crippen LogP contribution in [-0.2, 0) is 0 Å². The fourth-order valence-corrected chi connectivity index (χ4v) is 2.49. The molecular formula is C17H24O. The second-order valence-electron chi connectivity index (χ2n) is 4.83. The van der Waals surface area contributed by atoms with Gasteiger partial charge in [0.1, 0.15) is 5.75 Å². The summed E-state index contributed by atoms with van der Waals surface area (Å²) in [4.78, 5) is 0. The van der Waals surface area contributed by atoms with Crippen LogP contribution in [0, 0.1) is 26.2 Å². The second-order valence-corrected chi connectivity index (χ2v) is 4.83. The monoisotopic (exact) mass is 244 g/mol. The Morgan fingerprint density at radius 3 is 2.56 bits per heavy atom. The molecule has 1 aromatic rings. The molecule has 0 radical (unpaired) electrons. The molecule has 1 unspecified atom stereocenters. The molecule has 0 saturated carbocycles. The predicted octanol–water partition coefficient (Wildman–Crippen LogP) is 4.61. The van der Waals surface area contributed by atoms with Gasteiger partial charge in [-0.3, -0.25) is 0 Å². The van der Waals surface area contributed by atoms with E-state index in [9.17, 15) is 0 Å². The van der Waals surface area contributed by atoms with Crippen molar-refractivity contribution < 1.29 is 4.74 Å². The number of aryl methyl sites for hydroxylation is 2. The summed E-state index contributed by atoms with van der Waals surface area (Å²) in [5.74, 6) is 4.26. The smallest absolute Gasteiger partial charge is 0.125 e. The Labute approximate surface area is 112 Å². The molecule has 98 valence electrons. The number of hydrogen-bond acceptors (Lipinski definition) is 1. The first-order valence-electron chi connectivity index (χ1n) is 6.81.